The molecule has 0 amide bonds. The van der Waals surface area contributed by atoms with Crippen LogP contribution in [0.3, 0.4) is 0 Å². The summed E-state index contributed by atoms with van der Waals surface area (Å²) in [5.41, 5.74) is 1.42. The van der Waals surface area contributed by atoms with E-state index in [4.69, 9.17) is 0 Å². The quantitative estimate of drug-likeness (QED) is 0.559. The van der Waals surface area contributed by atoms with E-state index in [2.05, 4.69) is 24.5 Å². The molecule has 1 nitrogen and oxygen atoms in total. The third-order valence-corrected chi connectivity index (χ3v) is 2.07. The van der Waals surface area contributed by atoms with Crippen molar-refractivity contribution in [1.82, 2.24) is 4.90 Å². The van der Waals surface area contributed by atoms with Crippen LogP contribution in [-0.4, -0.2) is 24.5 Å². The van der Waals surface area contributed by atoms with Gasteiger partial charge in [0.15, 0.2) is 0 Å². The Kier molecular flexibility index (Phi) is 3.37. The average Bonchev–Trinajstić information content (AvgIpc) is 2.40. The first-order valence-corrected chi connectivity index (χ1v) is 4.33. The van der Waals surface area contributed by atoms with Crippen LogP contribution >= 0.6 is 0 Å². The van der Waals surface area contributed by atoms with Crippen molar-refractivity contribution in [1.29, 1.82) is 0 Å². The van der Waals surface area contributed by atoms with Gasteiger partial charge in [0.2, 0.25) is 0 Å². The SMILES string of the molecule is C=C/C=C(\C)CN1CCCC1. The molecule has 0 N–H and O–H groups in total. The van der Waals surface area contributed by atoms with E-state index < -0.39 is 0 Å². The third kappa shape index (κ3) is 2.89. The molecule has 0 bridgehead atoms. The Morgan fingerprint density at radius 3 is 2.64 bits per heavy atom. The van der Waals surface area contributed by atoms with E-state index >= 15 is 0 Å². The number of likely N-dealkylation sites (tertiary alicyclic amines) is 1. The molecule has 0 aromatic carbocycles. The lowest BCUT2D eigenvalue weighted by atomic mass is 10.2. The van der Waals surface area contributed by atoms with Crippen LogP contribution in [0.5, 0.6) is 0 Å². The largest absolute Gasteiger partial charge is 0.299 e. The fourth-order valence-corrected chi connectivity index (χ4v) is 1.55. The Hall–Kier alpha value is -0.560. The highest BCUT2D eigenvalue weighted by Crippen LogP contribution is 2.09. The molecule has 1 heterocycles. The van der Waals surface area contributed by atoms with Gasteiger partial charge in [-0.25, -0.2) is 0 Å². The summed E-state index contributed by atoms with van der Waals surface area (Å²) < 4.78 is 0. The van der Waals surface area contributed by atoms with Gasteiger partial charge in [0.25, 0.3) is 0 Å². The summed E-state index contributed by atoms with van der Waals surface area (Å²) in [6.07, 6.45) is 6.71. The lowest BCUT2D eigenvalue weighted by molar-refractivity contribution is 0.368. The molecule has 0 radical (unpaired) electrons. The highest BCUT2D eigenvalue weighted by Gasteiger charge is 2.10. The van der Waals surface area contributed by atoms with Crippen LogP contribution in [0, 0.1) is 0 Å². The summed E-state index contributed by atoms with van der Waals surface area (Å²) in [4.78, 5) is 2.50. The van der Waals surface area contributed by atoms with Crippen LogP contribution in [0.1, 0.15) is 19.8 Å². The first kappa shape index (κ1) is 8.54. The van der Waals surface area contributed by atoms with E-state index in [-0.39, 0.29) is 0 Å². The monoisotopic (exact) mass is 151 g/mol. The maximum Gasteiger partial charge on any atom is 0.0193 e. The second-order valence-electron chi connectivity index (χ2n) is 3.23. The predicted octanol–water partition coefficient (Wildman–Crippen LogP) is 2.21. The average molecular weight is 151 g/mol. The van der Waals surface area contributed by atoms with Crippen LogP contribution in [0.15, 0.2) is 24.3 Å². The van der Waals surface area contributed by atoms with Crippen LogP contribution in [0.2, 0.25) is 0 Å². The van der Waals surface area contributed by atoms with E-state index in [1.807, 2.05) is 6.08 Å². The second-order valence-corrected chi connectivity index (χ2v) is 3.23. The van der Waals surface area contributed by atoms with Gasteiger partial charge < -0.3 is 0 Å². The fourth-order valence-electron chi connectivity index (χ4n) is 1.55. The molecule has 11 heavy (non-hydrogen) atoms. The minimum Gasteiger partial charge on any atom is -0.299 e. The molecular weight excluding hydrogens is 134 g/mol. The molecule has 0 spiro atoms. The van der Waals surface area contributed by atoms with Gasteiger partial charge in [-0.15, -0.1) is 0 Å². The predicted molar refractivity (Wildman–Crippen MR) is 49.6 cm³/mol. The third-order valence-electron chi connectivity index (χ3n) is 2.07. The number of nitrogens with zero attached hydrogens (tertiary/aromatic N) is 1. The molecule has 0 aromatic heterocycles. The minimum atomic E-state index is 1.13. The van der Waals surface area contributed by atoms with Crippen molar-refractivity contribution in [2.45, 2.75) is 19.8 Å². The Labute approximate surface area is 69.4 Å². The van der Waals surface area contributed by atoms with Crippen molar-refractivity contribution in [3.63, 3.8) is 0 Å². The summed E-state index contributed by atoms with van der Waals surface area (Å²) in [5.74, 6) is 0. The second kappa shape index (κ2) is 4.35. The Morgan fingerprint density at radius 2 is 2.09 bits per heavy atom. The Balaban J connectivity index is 2.28. The smallest absolute Gasteiger partial charge is 0.0193 e. The summed E-state index contributed by atoms with van der Waals surface area (Å²) in [7, 11) is 0. The van der Waals surface area contributed by atoms with Gasteiger partial charge in [-0.2, -0.15) is 0 Å². The first-order valence-electron chi connectivity index (χ1n) is 4.33. The Bertz CT molecular complexity index is 152. The molecule has 1 heteroatoms. The highest BCUT2D eigenvalue weighted by atomic mass is 15.1. The van der Waals surface area contributed by atoms with Crippen molar-refractivity contribution in [2.75, 3.05) is 19.6 Å². The summed E-state index contributed by atoms with van der Waals surface area (Å²) in [6, 6.07) is 0. The van der Waals surface area contributed by atoms with E-state index in [1.165, 1.54) is 31.5 Å². The Morgan fingerprint density at radius 1 is 1.45 bits per heavy atom. The van der Waals surface area contributed by atoms with Gasteiger partial charge in [-0.1, -0.05) is 24.3 Å². The molecule has 1 aliphatic rings. The first-order chi connectivity index (χ1) is 5.33. The number of allylic oxidation sites excluding steroid dienone is 2. The zero-order valence-electron chi connectivity index (χ0n) is 7.34. The molecule has 1 fully saturated rings. The van der Waals surface area contributed by atoms with Gasteiger partial charge in [0.05, 0.1) is 0 Å². The van der Waals surface area contributed by atoms with Gasteiger partial charge in [0.1, 0.15) is 0 Å². The highest BCUT2D eigenvalue weighted by molar-refractivity contribution is 5.09. The molecule has 0 aromatic rings. The lowest BCUT2D eigenvalue weighted by Crippen LogP contribution is -2.20. The minimum absolute atomic E-state index is 1.13. The maximum atomic E-state index is 3.68. The standard InChI is InChI=1S/C10H17N/c1-3-6-10(2)9-11-7-4-5-8-11/h3,6H,1,4-5,7-9H2,2H3/b10-6+. The van der Waals surface area contributed by atoms with Crippen LogP contribution < -0.4 is 0 Å². The molecule has 1 aliphatic heterocycles. The molecule has 0 aliphatic carbocycles. The molecule has 62 valence electrons. The van der Waals surface area contributed by atoms with Crippen LogP contribution in [0.25, 0.3) is 0 Å². The zero-order chi connectivity index (χ0) is 8.10. The van der Waals surface area contributed by atoms with E-state index in [0.29, 0.717) is 0 Å². The zero-order valence-corrected chi connectivity index (χ0v) is 7.34. The number of rotatable bonds is 3. The van der Waals surface area contributed by atoms with Crippen molar-refractivity contribution in [3.8, 4) is 0 Å². The topological polar surface area (TPSA) is 3.24 Å². The number of hydrogen-bond donors (Lipinski definition) is 0. The van der Waals surface area contributed by atoms with Crippen LogP contribution in [-0.2, 0) is 0 Å². The molecular formula is C10H17N. The van der Waals surface area contributed by atoms with Crippen molar-refractivity contribution in [3.05, 3.63) is 24.3 Å². The van der Waals surface area contributed by atoms with Gasteiger partial charge in [0, 0.05) is 6.54 Å². The van der Waals surface area contributed by atoms with Gasteiger partial charge >= 0.3 is 0 Å². The molecule has 1 rings (SSSR count). The summed E-state index contributed by atoms with van der Waals surface area (Å²) in [6.45, 7) is 9.54. The molecule has 1 saturated heterocycles. The van der Waals surface area contributed by atoms with Crippen molar-refractivity contribution < 1.29 is 0 Å². The van der Waals surface area contributed by atoms with E-state index in [1.54, 1.807) is 0 Å². The van der Waals surface area contributed by atoms with Gasteiger partial charge in [-0.05, 0) is 32.9 Å². The van der Waals surface area contributed by atoms with Crippen molar-refractivity contribution >= 4 is 0 Å². The number of hydrogen-bond acceptors (Lipinski definition) is 1. The molecule has 0 atom stereocenters. The van der Waals surface area contributed by atoms with Crippen molar-refractivity contribution in [2.24, 2.45) is 0 Å². The molecule has 0 saturated carbocycles. The van der Waals surface area contributed by atoms with E-state index in [9.17, 15) is 0 Å². The van der Waals surface area contributed by atoms with E-state index in [0.717, 1.165) is 6.54 Å². The van der Waals surface area contributed by atoms with Gasteiger partial charge in [-0.3, -0.25) is 4.90 Å². The fraction of sp³-hybridized carbons (Fsp3) is 0.600. The molecule has 0 unspecified atom stereocenters. The maximum absolute atomic E-state index is 3.68. The van der Waals surface area contributed by atoms with Crippen LogP contribution in [0.4, 0.5) is 0 Å². The normalized spacial score (nSPS) is 20.6. The summed E-state index contributed by atoms with van der Waals surface area (Å²) in [5, 5.41) is 0. The summed E-state index contributed by atoms with van der Waals surface area (Å²) >= 11 is 0. The lowest BCUT2D eigenvalue weighted by Gasteiger charge is -2.13.